The van der Waals surface area contributed by atoms with Gasteiger partial charge in [-0.2, -0.15) is 0 Å². The zero-order chi connectivity index (χ0) is 19.4. The summed E-state index contributed by atoms with van der Waals surface area (Å²) in [6.45, 7) is 9.35. The fourth-order valence-corrected chi connectivity index (χ4v) is 3.64. The minimum atomic E-state index is -0.436. The molecule has 0 spiro atoms. The molecule has 0 fully saturated rings. The summed E-state index contributed by atoms with van der Waals surface area (Å²) in [5, 5.41) is 3.92. The van der Waals surface area contributed by atoms with E-state index >= 15 is 0 Å². The minimum Gasteiger partial charge on any atom is -0.484 e. The summed E-state index contributed by atoms with van der Waals surface area (Å²) in [5.74, 6) is -0.208. The molecule has 0 saturated carbocycles. The number of thiophene rings is 1. The summed E-state index contributed by atoms with van der Waals surface area (Å²) in [6, 6.07) is 3.57. The molecule has 1 aromatic carbocycles. The first kappa shape index (κ1) is 20.3. The van der Waals surface area contributed by atoms with Gasteiger partial charge in [-0.1, -0.05) is 11.6 Å². The van der Waals surface area contributed by atoms with Crippen molar-refractivity contribution in [2.45, 2.75) is 34.6 Å². The van der Waals surface area contributed by atoms with Gasteiger partial charge in [0.25, 0.3) is 5.91 Å². The third-order valence-electron chi connectivity index (χ3n) is 3.90. The molecule has 140 valence electrons. The lowest BCUT2D eigenvalue weighted by Crippen LogP contribution is -2.21. The van der Waals surface area contributed by atoms with Gasteiger partial charge in [0.2, 0.25) is 0 Å². The van der Waals surface area contributed by atoms with Crippen LogP contribution in [-0.2, 0) is 9.53 Å². The lowest BCUT2D eigenvalue weighted by atomic mass is 10.1. The smallest absolute Gasteiger partial charge is 0.341 e. The van der Waals surface area contributed by atoms with E-state index in [0.717, 1.165) is 21.6 Å². The zero-order valence-corrected chi connectivity index (χ0v) is 17.1. The summed E-state index contributed by atoms with van der Waals surface area (Å²) in [4.78, 5) is 25.4. The van der Waals surface area contributed by atoms with Crippen LogP contribution in [0.1, 0.15) is 38.8 Å². The average Bonchev–Trinajstić information content (AvgIpc) is 2.84. The molecular weight excluding hydrogens is 374 g/mol. The monoisotopic (exact) mass is 395 g/mol. The molecule has 0 atom stereocenters. The number of ether oxygens (including phenoxy) is 2. The number of rotatable bonds is 6. The number of halogens is 1. The normalized spacial score (nSPS) is 10.5. The van der Waals surface area contributed by atoms with Crippen molar-refractivity contribution in [3.63, 3.8) is 0 Å². The number of hydrogen-bond acceptors (Lipinski definition) is 5. The SMILES string of the molecule is CCOC(=O)c1c(NC(=O)COc2cc(C)c(Cl)c(C)c2)sc(C)c1C. The van der Waals surface area contributed by atoms with Crippen molar-refractivity contribution < 1.29 is 19.1 Å². The Morgan fingerprint density at radius 3 is 2.35 bits per heavy atom. The number of nitrogens with one attached hydrogen (secondary N) is 1. The average molecular weight is 396 g/mol. The van der Waals surface area contributed by atoms with Crippen LogP contribution in [-0.4, -0.2) is 25.1 Å². The van der Waals surface area contributed by atoms with E-state index < -0.39 is 5.97 Å². The second-order valence-electron chi connectivity index (χ2n) is 5.92. The van der Waals surface area contributed by atoms with Gasteiger partial charge in [-0.3, -0.25) is 4.79 Å². The Labute approximate surface area is 162 Å². The Bertz CT molecular complexity index is 821. The standard InChI is InChI=1S/C19H22ClNO4S/c1-6-24-19(23)16-12(4)13(5)26-18(16)21-15(22)9-25-14-7-10(2)17(20)11(3)8-14/h7-8H,6,9H2,1-5H3,(H,21,22). The number of benzene rings is 1. The highest BCUT2D eigenvalue weighted by atomic mass is 35.5. The van der Waals surface area contributed by atoms with Gasteiger partial charge in [-0.25, -0.2) is 4.79 Å². The molecule has 26 heavy (non-hydrogen) atoms. The molecule has 2 rings (SSSR count). The van der Waals surface area contributed by atoms with Gasteiger partial charge >= 0.3 is 5.97 Å². The maximum Gasteiger partial charge on any atom is 0.341 e. The molecule has 7 heteroatoms. The van der Waals surface area contributed by atoms with Crippen LogP contribution in [0.3, 0.4) is 0 Å². The third kappa shape index (κ3) is 4.56. The molecular formula is C19H22ClNO4S. The van der Waals surface area contributed by atoms with Gasteiger partial charge in [0, 0.05) is 9.90 Å². The first-order valence-corrected chi connectivity index (χ1v) is 9.40. The quantitative estimate of drug-likeness (QED) is 0.711. The molecule has 0 unspecified atom stereocenters. The predicted octanol–water partition coefficient (Wildman–Crippen LogP) is 4.83. The molecule has 0 radical (unpaired) electrons. The van der Waals surface area contributed by atoms with Gasteiger partial charge in [-0.05, 0) is 63.4 Å². The first-order chi connectivity index (χ1) is 12.2. The van der Waals surface area contributed by atoms with Crippen LogP contribution in [0, 0.1) is 27.7 Å². The maximum absolute atomic E-state index is 12.3. The first-order valence-electron chi connectivity index (χ1n) is 8.21. The lowest BCUT2D eigenvalue weighted by molar-refractivity contribution is -0.118. The van der Waals surface area contributed by atoms with Gasteiger partial charge in [-0.15, -0.1) is 11.3 Å². The summed E-state index contributed by atoms with van der Waals surface area (Å²) in [6.07, 6.45) is 0. The maximum atomic E-state index is 12.3. The Hall–Kier alpha value is -2.05. The molecule has 1 aromatic heterocycles. The van der Waals surface area contributed by atoms with Crippen LogP contribution in [0.15, 0.2) is 12.1 Å². The molecule has 5 nitrogen and oxygen atoms in total. The molecule has 0 aliphatic rings. The molecule has 1 N–H and O–H groups in total. The largest absolute Gasteiger partial charge is 0.484 e. The fourth-order valence-electron chi connectivity index (χ4n) is 2.47. The van der Waals surface area contributed by atoms with Crippen LogP contribution >= 0.6 is 22.9 Å². The van der Waals surface area contributed by atoms with Crippen molar-refractivity contribution in [1.82, 2.24) is 0 Å². The molecule has 1 heterocycles. The van der Waals surface area contributed by atoms with E-state index in [0.29, 0.717) is 21.3 Å². The van der Waals surface area contributed by atoms with E-state index in [4.69, 9.17) is 21.1 Å². The molecule has 0 aliphatic carbocycles. The van der Waals surface area contributed by atoms with Crippen molar-refractivity contribution >= 4 is 39.8 Å². The van der Waals surface area contributed by atoms with Gasteiger partial charge in [0.05, 0.1) is 12.2 Å². The van der Waals surface area contributed by atoms with Crippen LogP contribution in [0.5, 0.6) is 5.75 Å². The number of carbonyl (C=O) groups is 2. The second kappa shape index (κ2) is 8.56. The van der Waals surface area contributed by atoms with Crippen molar-refractivity contribution in [2.24, 2.45) is 0 Å². The molecule has 1 amide bonds. The van der Waals surface area contributed by atoms with E-state index in [2.05, 4.69) is 5.32 Å². The molecule has 2 aromatic rings. The van der Waals surface area contributed by atoms with Crippen molar-refractivity contribution in [3.05, 3.63) is 44.3 Å². The van der Waals surface area contributed by atoms with E-state index in [1.807, 2.05) is 27.7 Å². The number of anilines is 1. The highest BCUT2D eigenvalue weighted by Gasteiger charge is 2.22. The summed E-state index contributed by atoms with van der Waals surface area (Å²) < 4.78 is 10.6. The predicted molar refractivity (Wildman–Crippen MR) is 105 cm³/mol. The van der Waals surface area contributed by atoms with Crippen LogP contribution in [0.25, 0.3) is 0 Å². The second-order valence-corrected chi connectivity index (χ2v) is 7.52. The highest BCUT2D eigenvalue weighted by Crippen LogP contribution is 2.33. The molecule has 0 saturated heterocycles. The summed E-state index contributed by atoms with van der Waals surface area (Å²) in [5.41, 5.74) is 2.99. The third-order valence-corrected chi connectivity index (χ3v) is 5.62. The van der Waals surface area contributed by atoms with E-state index in [9.17, 15) is 9.59 Å². The lowest BCUT2D eigenvalue weighted by Gasteiger charge is -2.10. The van der Waals surface area contributed by atoms with Crippen LogP contribution in [0.4, 0.5) is 5.00 Å². The molecule has 0 bridgehead atoms. The fraction of sp³-hybridized carbons (Fsp3) is 0.368. The van der Waals surface area contributed by atoms with Crippen molar-refractivity contribution in [3.8, 4) is 5.75 Å². The van der Waals surface area contributed by atoms with Crippen LogP contribution < -0.4 is 10.1 Å². The van der Waals surface area contributed by atoms with E-state index in [-0.39, 0.29) is 19.1 Å². The Morgan fingerprint density at radius 1 is 1.15 bits per heavy atom. The Kier molecular flexibility index (Phi) is 6.67. The zero-order valence-electron chi connectivity index (χ0n) is 15.5. The topological polar surface area (TPSA) is 64.6 Å². The Balaban J connectivity index is 2.09. The number of hydrogen-bond donors (Lipinski definition) is 1. The van der Waals surface area contributed by atoms with Gasteiger partial charge < -0.3 is 14.8 Å². The van der Waals surface area contributed by atoms with Crippen molar-refractivity contribution in [2.75, 3.05) is 18.5 Å². The number of carbonyl (C=O) groups excluding carboxylic acids is 2. The number of esters is 1. The van der Waals surface area contributed by atoms with E-state index in [1.54, 1.807) is 19.1 Å². The highest BCUT2D eigenvalue weighted by molar-refractivity contribution is 7.16. The van der Waals surface area contributed by atoms with Gasteiger partial charge in [0.1, 0.15) is 10.8 Å². The van der Waals surface area contributed by atoms with Gasteiger partial charge in [0.15, 0.2) is 6.61 Å². The van der Waals surface area contributed by atoms with E-state index in [1.165, 1.54) is 11.3 Å². The number of amides is 1. The number of aryl methyl sites for hydroxylation is 3. The minimum absolute atomic E-state index is 0.168. The van der Waals surface area contributed by atoms with Crippen molar-refractivity contribution in [1.29, 1.82) is 0 Å². The summed E-state index contributed by atoms with van der Waals surface area (Å²) >= 11 is 7.48. The summed E-state index contributed by atoms with van der Waals surface area (Å²) in [7, 11) is 0. The Morgan fingerprint density at radius 2 is 1.77 bits per heavy atom. The molecule has 0 aliphatic heterocycles. The van der Waals surface area contributed by atoms with Crippen LogP contribution in [0.2, 0.25) is 5.02 Å².